The van der Waals surface area contributed by atoms with Crippen LogP contribution in [0.5, 0.6) is 0 Å². The summed E-state index contributed by atoms with van der Waals surface area (Å²) >= 11 is 5.95. The molecule has 0 aromatic carbocycles. The smallest absolute Gasteiger partial charge is 0.231 e. The van der Waals surface area contributed by atoms with Crippen molar-refractivity contribution in [2.45, 2.75) is 32.7 Å². The normalized spacial score (nSPS) is 24.0. The quantitative estimate of drug-likeness (QED) is 0.870. The lowest BCUT2D eigenvalue weighted by molar-refractivity contribution is 0.568. The number of sulfone groups is 1. The summed E-state index contributed by atoms with van der Waals surface area (Å²) < 4.78 is 23.3. The molecule has 1 N–H and O–H groups in total. The second-order valence-electron chi connectivity index (χ2n) is 5.43. The molecule has 1 aromatic rings. The van der Waals surface area contributed by atoms with E-state index in [2.05, 4.69) is 20.3 Å². The predicted molar refractivity (Wildman–Crippen MR) is 83.7 cm³/mol. The summed E-state index contributed by atoms with van der Waals surface area (Å²) in [5.74, 6) is 1.06. The zero-order chi connectivity index (χ0) is 15.7. The van der Waals surface area contributed by atoms with Crippen molar-refractivity contribution >= 4 is 33.3 Å². The minimum atomic E-state index is -3.00. The fourth-order valence-corrected chi connectivity index (χ4v) is 4.67. The van der Waals surface area contributed by atoms with Crippen LogP contribution in [0.2, 0.25) is 5.28 Å². The molecule has 21 heavy (non-hydrogen) atoms. The van der Waals surface area contributed by atoms with Gasteiger partial charge in [0.15, 0.2) is 9.84 Å². The van der Waals surface area contributed by atoms with Gasteiger partial charge in [0.1, 0.15) is 0 Å². The van der Waals surface area contributed by atoms with Gasteiger partial charge in [-0.1, -0.05) is 0 Å². The van der Waals surface area contributed by atoms with Crippen molar-refractivity contribution in [3.05, 3.63) is 5.28 Å². The van der Waals surface area contributed by atoms with E-state index in [1.165, 1.54) is 0 Å². The summed E-state index contributed by atoms with van der Waals surface area (Å²) in [6.07, 6.45) is 0.527. The Morgan fingerprint density at radius 3 is 2.48 bits per heavy atom. The van der Waals surface area contributed by atoms with Gasteiger partial charge in [0, 0.05) is 13.1 Å². The molecule has 9 heteroatoms. The van der Waals surface area contributed by atoms with Crippen LogP contribution in [0.25, 0.3) is 0 Å². The van der Waals surface area contributed by atoms with Crippen molar-refractivity contribution in [2.24, 2.45) is 0 Å². The Labute approximate surface area is 130 Å². The summed E-state index contributed by atoms with van der Waals surface area (Å²) in [4.78, 5) is 14.5. The molecule has 0 amide bonds. The van der Waals surface area contributed by atoms with Crippen LogP contribution in [0.4, 0.5) is 11.9 Å². The highest BCUT2D eigenvalue weighted by molar-refractivity contribution is 7.91. The molecule has 1 fully saturated rings. The summed E-state index contributed by atoms with van der Waals surface area (Å²) in [6, 6.07) is 0. The maximum absolute atomic E-state index is 11.6. The molecule has 0 spiro atoms. The third-order valence-corrected chi connectivity index (χ3v) is 5.63. The van der Waals surface area contributed by atoms with Crippen LogP contribution in [-0.2, 0) is 9.84 Å². The first-order chi connectivity index (χ1) is 9.77. The molecule has 7 nitrogen and oxygen atoms in total. The van der Waals surface area contributed by atoms with Gasteiger partial charge in [-0.3, -0.25) is 0 Å². The standard InChI is InChI=1S/C12H20ClN5O2S/c1-4-18(5-2)11-15-9(13)14-10(16-11)17-12(3)6-7-21(19,20)8-12/h4-8H2,1-3H3,(H,14,15,16,17). The fourth-order valence-electron chi connectivity index (χ4n) is 2.42. The predicted octanol–water partition coefficient (Wildman–Crippen LogP) is 1.36. The average Bonchev–Trinajstić information content (AvgIpc) is 2.64. The summed E-state index contributed by atoms with van der Waals surface area (Å²) in [6.45, 7) is 7.36. The summed E-state index contributed by atoms with van der Waals surface area (Å²) in [5.41, 5.74) is -0.565. The molecule has 1 atom stereocenters. The number of halogens is 1. The SMILES string of the molecule is CCN(CC)c1nc(Cl)nc(NC2(C)CCS(=O)(=O)C2)n1. The van der Waals surface area contributed by atoms with Crippen molar-refractivity contribution in [3.8, 4) is 0 Å². The fraction of sp³-hybridized carbons (Fsp3) is 0.750. The van der Waals surface area contributed by atoms with Gasteiger partial charge < -0.3 is 10.2 Å². The van der Waals surface area contributed by atoms with Gasteiger partial charge >= 0.3 is 0 Å². The number of hydrogen-bond donors (Lipinski definition) is 1. The molecule has 1 aliphatic heterocycles. The van der Waals surface area contributed by atoms with Crippen LogP contribution in [-0.4, -0.2) is 53.5 Å². The molecule has 2 rings (SSSR count). The number of nitrogens with one attached hydrogen (secondary N) is 1. The van der Waals surface area contributed by atoms with Gasteiger partial charge in [-0.15, -0.1) is 0 Å². The van der Waals surface area contributed by atoms with E-state index in [0.717, 1.165) is 13.1 Å². The van der Waals surface area contributed by atoms with Crippen LogP contribution in [0.3, 0.4) is 0 Å². The molecule has 0 radical (unpaired) electrons. The van der Waals surface area contributed by atoms with Crippen LogP contribution in [0.1, 0.15) is 27.2 Å². The van der Waals surface area contributed by atoms with Crippen LogP contribution >= 0.6 is 11.6 Å². The highest BCUT2D eigenvalue weighted by atomic mass is 35.5. The molecule has 0 aliphatic carbocycles. The Kier molecular flexibility index (Phi) is 4.57. The van der Waals surface area contributed by atoms with E-state index in [4.69, 9.17) is 11.6 Å². The Hall–Kier alpha value is -1.15. The van der Waals surface area contributed by atoms with E-state index >= 15 is 0 Å². The summed E-state index contributed by atoms with van der Waals surface area (Å²) in [5, 5.41) is 3.20. The molecule has 118 valence electrons. The average molecular weight is 334 g/mol. The highest BCUT2D eigenvalue weighted by Gasteiger charge is 2.39. The Morgan fingerprint density at radius 2 is 1.95 bits per heavy atom. The monoisotopic (exact) mass is 333 g/mol. The Bertz CT molecular complexity index is 620. The molecular formula is C12H20ClN5O2S. The van der Waals surface area contributed by atoms with Gasteiger partial charge in [0.25, 0.3) is 0 Å². The van der Waals surface area contributed by atoms with E-state index in [-0.39, 0.29) is 16.8 Å². The maximum Gasteiger partial charge on any atom is 0.231 e. The minimum absolute atomic E-state index is 0.0733. The highest BCUT2D eigenvalue weighted by Crippen LogP contribution is 2.27. The zero-order valence-corrected chi connectivity index (χ0v) is 14.0. The van der Waals surface area contributed by atoms with Crippen molar-refractivity contribution < 1.29 is 8.42 Å². The lowest BCUT2D eigenvalue weighted by atomic mass is 10.0. The number of anilines is 2. The lowest BCUT2D eigenvalue weighted by Crippen LogP contribution is -2.37. The van der Waals surface area contributed by atoms with Gasteiger partial charge in [-0.2, -0.15) is 15.0 Å². The molecular weight excluding hydrogens is 314 g/mol. The number of rotatable bonds is 5. The van der Waals surface area contributed by atoms with Crippen molar-refractivity contribution in [1.82, 2.24) is 15.0 Å². The molecule has 0 saturated carbocycles. The summed E-state index contributed by atoms with van der Waals surface area (Å²) in [7, 11) is -3.00. The first-order valence-corrected chi connectivity index (χ1v) is 9.12. The van der Waals surface area contributed by atoms with E-state index in [0.29, 0.717) is 18.3 Å². The number of aromatic nitrogens is 3. The maximum atomic E-state index is 11.6. The van der Waals surface area contributed by atoms with E-state index in [1.807, 2.05) is 25.7 Å². The number of hydrogen-bond acceptors (Lipinski definition) is 7. The molecule has 0 bridgehead atoms. The number of nitrogens with zero attached hydrogens (tertiary/aromatic N) is 4. The third kappa shape index (κ3) is 3.94. The van der Waals surface area contributed by atoms with Gasteiger partial charge in [-0.25, -0.2) is 8.42 Å². The Morgan fingerprint density at radius 1 is 1.29 bits per heavy atom. The third-order valence-electron chi connectivity index (χ3n) is 3.56. The molecule has 1 saturated heterocycles. The Balaban J connectivity index is 2.25. The second-order valence-corrected chi connectivity index (χ2v) is 7.95. The zero-order valence-electron chi connectivity index (χ0n) is 12.4. The minimum Gasteiger partial charge on any atom is -0.348 e. The lowest BCUT2D eigenvalue weighted by Gasteiger charge is -2.25. The van der Waals surface area contributed by atoms with E-state index in [9.17, 15) is 8.42 Å². The molecule has 1 unspecified atom stereocenters. The van der Waals surface area contributed by atoms with E-state index in [1.54, 1.807) is 0 Å². The molecule has 2 heterocycles. The van der Waals surface area contributed by atoms with Crippen LogP contribution in [0.15, 0.2) is 0 Å². The van der Waals surface area contributed by atoms with Gasteiger partial charge in [0.05, 0.1) is 17.0 Å². The molecule has 1 aromatic heterocycles. The topological polar surface area (TPSA) is 88.1 Å². The largest absolute Gasteiger partial charge is 0.348 e. The van der Waals surface area contributed by atoms with Crippen molar-refractivity contribution in [1.29, 1.82) is 0 Å². The van der Waals surface area contributed by atoms with Crippen LogP contribution in [0, 0.1) is 0 Å². The first-order valence-electron chi connectivity index (χ1n) is 6.92. The second kappa shape index (κ2) is 5.92. The van der Waals surface area contributed by atoms with Gasteiger partial charge in [0.2, 0.25) is 17.2 Å². The van der Waals surface area contributed by atoms with Crippen molar-refractivity contribution in [2.75, 3.05) is 34.8 Å². The van der Waals surface area contributed by atoms with Crippen LogP contribution < -0.4 is 10.2 Å². The van der Waals surface area contributed by atoms with Crippen molar-refractivity contribution in [3.63, 3.8) is 0 Å². The van der Waals surface area contributed by atoms with Gasteiger partial charge in [-0.05, 0) is 38.8 Å². The molecule has 1 aliphatic rings. The first kappa shape index (κ1) is 16.2. The van der Waals surface area contributed by atoms with E-state index < -0.39 is 15.4 Å².